The van der Waals surface area contributed by atoms with E-state index in [2.05, 4.69) is 12.2 Å². The summed E-state index contributed by atoms with van der Waals surface area (Å²) in [6.07, 6.45) is 2.28. The Morgan fingerprint density at radius 2 is 2.06 bits per heavy atom. The number of nitrogens with zero attached hydrogens (tertiary/aromatic N) is 1. The van der Waals surface area contributed by atoms with Crippen molar-refractivity contribution in [3.63, 3.8) is 0 Å². The maximum Gasteiger partial charge on any atom is 0.227 e. The molecule has 2 N–H and O–H groups in total. The van der Waals surface area contributed by atoms with Crippen molar-refractivity contribution in [3.8, 4) is 0 Å². The van der Waals surface area contributed by atoms with E-state index in [4.69, 9.17) is 0 Å². The second-order valence-electron chi connectivity index (χ2n) is 5.81. The van der Waals surface area contributed by atoms with Crippen LogP contribution in [0.15, 0.2) is 0 Å². The van der Waals surface area contributed by atoms with Gasteiger partial charge in [0.05, 0.1) is 19.0 Å². The largest absolute Gasteiger partial charge is 0.386 e. The SMILES string of the molecule is C[C@@H]1CNC[C@H]1C(=O)N1CC(O)(C2CC2)C1. The average Bonchev–Trinajstić information content (AvgIpc) is 2.97. The van der Waals surface area contributed by atoms with Gasteiger partial charge in [0.15, 0.2) is 0 Å². The Balaban J connectivity index is 1.57. The molecule has 0 aromatic rings. The van der Waals surface area contributed by atoms with E-state index in [0.29, 0.717) is 24.9 Å². The third kappa shape index (κ3) is 1.55. The average molecular weight is 224 g/mol. The molecule has 90 valence electrons. The molecule has 16 heavy (non-hydrogen) atoms. The zero-order valence-electron chi connectivity index (χ0n) is 9.78. The quantitative estimate of drug-likeness (QED) is 0.684. The number of likely N-dealkylation sites (tertiary alicyclic amines) is 1. The summed E-state index contributed by atoms with van der Waals surface area (Å²) in [5, 5.41) is 13.4. The molecule has 2 atom stereocenters. The van der Waals surface area contributed by atoms with Crippen molar-refractivity contribution >= 4 is 5.91 Å². The van der Waals surface area contributed by atoms with Crippen molar-refractivity contribution in [3.05, 3.63) is 0 Å². The minimum absolute atomic E-state index is 0.128. The van der Waals surface area contributed by atoms with Crippen molar-refractivity contribution in [1.82, 2.24) is 10.2 Å². The van der Waals surface area contributed by atoms with E-state index in [0.717, 1.165) is 25.9 Å². The molecule has 1 aliphatic carbocycles. The number of carbonyl (C=O) groups is 1. The molecule has 4 heteroatoms. The van der Waals surface area contributed by atoms with Gasteiger partial charge in [-0.15, -0.1) is 0 Å². The molecule has 3 aliphatic rings. The number of hydrogen-bond donors (Lipinski definition) is 2. The van der Waals surface area contributed by atoms with E-state index in [1.54, 1.807) is 0 Å². The Bertz CT molecular complexity index is 308. The number of carbonyl (C=O) groups excluding carboxylic acids is 1. The summed E-state index contributed by atoms with van der Waals surface area (Å²) in [7, 11) is 0. The minimum atomic E-state index is -0.537. The van der Waals surface area contributed by atoms with Crippen molar-refractivity contribution < 1.29 is 9.90 Å². The van der Waals surface area contributed by atoms with Gasteiger partial charge in [-0.05, 0) is 31.2 Å². The fraction of sp³-hybridized carbons (Fsp3) is 0.917. The highest BCUT2D eigenvalue weighted by Crippen LogP contribution is 2.45. The Morgan fingerprint density at radius 3 is 2.56 bits per heavy atom. The van der Waals surface area contributed by atoms with E-state index in [-0.39, 0.29) is 11.8 Å². The molecule has 4 nitrogen and oxygen atoms in total. The van der Waals surface area contributed by atoms with Gasteiger partial charge >= 0.3 is 0 Å². The van der Waals surface area contributed by atoms with Gasteiger partial charge in [0.1, 0.15) is 5.60 Å². The first-order valence-electron chi connectivity index (χ1n) is 6.32. The molecule has 2 saturated heterocycles. The predicted molar refractivity (Wildman–Crippen MR) is 59.8 cm³/mol. The normalized spacial score (nSPS) is 37.2. The molecule has 3 fully saturated rings. The van der Waals surface area contributed by atoms with Crippen LogP contribution in [0.25, 0.3) is 0 Å². The summed E-state index contributed by atoms with van der Waals surface area (Å²) in [6, 6.07) is 0. The standard InChI is InChI=1S/C12H20N2O2/c1-8-4-13-5-10(8)11(15)14-6-12(16,7-14)9-2-3-9/h8-10,13,16H,2-7H2,1H3/t8-,10-/m1/s1. The number of β-amino-alcohol motifs (C(OH)–C–C–N with tert-alkyl or cyclic N) is 1. The molecule has 0 aromatic heterocycles. The lowest BCUT2D eigenvalue weighted by atomic mass is 9.86. The molecule has 0 bridgehead atoms. The molecular formula is C12H20N2O2. The minimum Gasteiger partial charge on any atom is -0.386 e. The molecule has 0 spiro atoms. The number of amides is 1. The number of rotatable bonds is 2. The first-order valence-corrected chi connectivity index (χ1v) is 6.32. The van der Waals surface area contributed by atoms with Crippen LogP contribution in [0.5, 0.6) is 0 Å². The second kappa shape index (κ2) is 3.44. The number of nitrogens with one attached hydrogen (secondary N) is 1. The van der Waals surface area contributed by atoms with E-state index in [1.807, 2.05) is 4.90 Å². The summed E-state index contributed by atoms with van der Waals surface area (Å²) in [5.41, 5.74) is -0.537. The third-order valence-corrected chi connectivity index (χ3v) is 4.41. The lowest BCUT2D eigenvalue weighted by Crippen LogP contribution is -2.66. The molecule has 0 unspecified atom stereocenters. The lowest BCUT2D eigenvalue weighted by molar-refractivity contribution is -0.163. The van der Waals surface area contributed by atoms with E-state index >= 15 is 0 Å². The highest BCUT2D eigenvalue weighted by Gasteiger charge is 2.54. The molecule has 2 heterocycles. The van der Waals surface area contributed by atoms with Crippen LogP contribution < -0.4 is 5.32 Å². The molecular weight excluding hydrogens is 204 g/mol. The fourth-order valence-corrected chi connectivity index (χ4v) is 3.02. The Morgan fingerprint density at radius 1 is 1.38 bits per heavy atom. The summed E-state index contributed by atoms with van der Waals surface area (Å²) >= 11 is 0. The second-order valence-corrected chi connectivity index (χ2v) is 5.81. The lowest BCUT2D eigenvalue weighted by Gasteiger charge is -2.48. The first kappa shape index (κ1) is 10.5. The van der Waals surface area contributed by atoms with Crippen molar-refractivity contribution in [2.75, 3.05) is 26.2 Å². The van der Waals surface area contributed by atoms with Gasteiger partial charge in [0, 0.05) is 6.54 Å². The van der Waals surface area contributed by atoms with Crippen LogP contribution in [0.1, 0.15) is 19.8 Å². The number of hydrogen-bond acceptors (Lipinski definition) is 3. The maximum absolute atomic E-state index is 12.1. The highest BCUT2D eigenvalue weighted by molar-refractivity contribution is 5.81. The van der Waals surface area contributed by atoms with Crippen LogP contribution in [0.2, 0.25) is 0 Å². The van der Waals surface area contributed by atoms with Crippen molar-refractivity contribution in [2.45, 2.75) is 25.4 Å². The van der Waals surface area contributed by atoms with Crippen molar-refractivity contribution in [2.24, 2.45) is 17.8 Å². The van der Waals surface area contributed by atoms with Gasteiger partial charge in [0.25, 0.3) is 0 Å². The zero-order valence-corrected chi connectivity index (χ0v) is 9.78. The summed E-state index contributed by atoms with van der Waals surface area (Å²) in [4.78, 5) is 14.0. The van der Waals surface area contributed by atoms with Crippen LogP contribution in [0.3, 0.4) is 0 Å². The summed E-state index contributed by atoms with van der Waals surface area (Å²) in [5.74, 6) is 1.27. The van der Waals surface area contributed by atoms with Gasteiger partial charge in [-0.2, -0.15) is 0 Å². The topological polar surface area (TPSA) is 52.6 Å². The monoisotopic (exact) mass is 224 g/mol. The Kier molecular flexibility index (Phi) is 2.27. The van der Waals surface area contributed by atoms with Gasteiger partial charge < -0.3 is 15.3 Å². The highest BCUT2D eigenvalue weighted by atomic mass is 16.3. The molecule has 3 rings (SSSR count). The molecule has 1 saturated carbocycles. The van der Waals surface area contributed by atoms with Gasteiger partial charge in [-0.3, -0.25) is 4.79 Å². The van der Waals surface area contributed by atoms with Crippen molar-refractivity contribution in [1.29, 1.82) is 0 Å². The van der Waals surface area contributed by atoms with Crippen LogP contribution in [0, 0.1) is 17.8 Å². The predicted octanol–water partition coefficient (Wildman–Crippen LogP) is -0.175. The Hall–Kier alpha value is -0.610. The van der Waals surface area contributed by atoms with E-state index < -0.39 is 5.60 Å². The third-order valence-electron chi connectivity index (χ3n) is 4.41. The van der Waals surface area contributed by atoms with Gasteiger partial charge in [-0.1, -0.05) is 6.92 Å². The molecule has 1 amide bonds. The fourth-order valence-electron chi connectivity index (χ4n) is 3.02. The van der Waals surface area contributed by atoms with Gasteiger partial charge in [0.2, 0.25) is 5.91 Å². The van der Waals surface area contributed by atoms with Crippen LogP contribution in [0.4, 0.5) is 0 Å². The van der Waals surface area contributed by atoms with Crippen LogP contribution in [-0.4, -0.2) is 47.7 Å². The van der Waals surface area contributed by atoms with E-state index in [9.17, 15) is 9.90 Å². The molecule has 0 aromatic carbocycles. The Labute approximate surface area is 96.0 Å². The smallest absolute Gasteiger partial charge is 0.227 e. The van der Waals surface area contributed by atoms with Crippen LogP contribution >= 0.6 is 0 Å². The van der Waals surface area contributed by atoms with Crippen LogP contribution in [-0.2, 0) is 4.79 Å². The number of aliphatic hydroxyl groups is 1. The maximum atomic E-state index is 12.1. The first-order chi connectivity index (χ1) is 7.60. The summed E-state index contributed by atoms with van der Waals surface area (Å²) < 4.78 is 0. The zero-order chi connectivity index (χ0) is 11.3. The van der Waals surface area contributed by atoms with E-state index in [1.165, 1.54) is 0 Å². The molecule has 2 aliphatic heterocycles. The summed E-state index contributed by atoms with van der Waals surface area (Å²) in [6.45, 7) is 5.00. The molecule has 0 radical (unpaired) electrons. The van der Waals surface area contributed by atoms with Gasteiger partial charge in [-0.25, -0.2) is 0 Å².